The first-order chi connectivity index (χ1) is 7.41. The number of carboxylic acid groups (broad SMARTS) is 1. The molecule has 0 fully saturated rings. The van der Waals surface area contributed by atoms with Gasteiger partial charge in [-0.1, -0.05) is 11.6 Å². The molecule has 0 saturated heterocycles. The largest absolute Gasteiger partial charge is 0.481 e. The van der Waals surface area contributed by atoms with E-state index in [1.807, 2.05) is 13.8 Å². The zero-order valence-electron chi connectivity index (χ0n) is 9.33. The van der Waals surface area contributed by atoms with Crippen LogP contribution in [0.25, 0.3) is 0 Å². The summed E-state index contributed by atoms with van der Waals surface area (Å²) in [5.41, 5.74) is -0.351. The van der Waals surface area contributed by atoms with Crippen molar-refractivity contribution in [2.75, 3.05) is 5.32 Å². The molecule has 0 spiro atoms. The molecule has 0 atom stereocenters. The number of halogens is 1. The van der Waals surface area contributed by atoms with E-state index in [4.69, 9.17) is 16.7 Å². The Morgan fingerprint density at radius 3 is 2.88 bits per heavy atom. The highest BCUT2D eigenvalue weighted by atomic mass is 35.5. The fourth-order valence-corrected chi connectivity index (χ4v) is 1.45. The van der Waals surface area contributed by atoms with Gasteiger partial charge in [-0.2, -0.15) is 0 Å². The maximum atomic E-state index is 10.5. The van der Waals surface area contributed by atoms with Crippen LogP contribution in [0.3, 0.4) is 0 Å². The summed E-state index contributed by atoms with van der Waals surface area (Å²) in [6.45, 7) is 3.84. The third-order valence-corrected chi connectivity index (χ3v) is 2.48. The van der Waals surface area contributed by atoms with Crippen LogP contribution in [-0.2, 0) is 4.79 Å². The molecule has 1 aromatic heterocycles. The third kappa shape index (κ3) is 4.06. The SMILES string of the molecule is CC(C)(CCC(=O)O)Nc1ncccc1Cl. The van der Waals surface area contributed by atoms with E-state index in [0.717, 1.165) is 0 Å². The van der Waals surface area contributed by atoms with Crippen LogP contribution in [0, 0.1) is 0 Å². The molecule has 0 aliphatic rings. The lowest BCUT2D eigenvalue weighted by Crippen LogP contribution is -2.32. The molecule has 1 aromatic rings. The first kappa shape index (κ1) is 12.8. The molecule has 5 heteroatoms. The average molecular weight is 243 g/mol. The van der Waals surface area contributed by atoms with Crippen molar-refractivity contribution in [3.8, 4) is 0 Å². The number of pyridine rings is 1. The molecule has 0 amide bonds. The minimum atomic E-state index is -0.804. The van der Waals surface area contributed by atoms with E-state index in [9.17, 15) is 4.79 Å². The van der Waals surface area contributed by atoms with Gasteiger partial charge in [0.1, 0.15) is 5.82 Å². The lowest BCUT2D eigenvalue weighted by Gasteiger charge is -2.26. The molecule has 0 saturated carbocycles. The van der Waals surface area contributed by atoms with Crippen LogP contribution < -0.4 is 5.32 Å². The van der Waals surface area contributed by atoms with Crippen molar-refractivity contribution in [2.45, 2.75) is 32.2 Å². The Kier molecular flexibility index (Phi) is 4.12. The second kappa shape index (κ2) is 5.16. The standard InChI is InChI=1S/C11H15ClN2O2/c1-11(2,6-5-9(15)16)14-10-8(12)4-3-7-13-10/h3-4,7H,5-6H2,1-2H3,(H,13,14)(H,15,16). The van der Waals surface area contributed by atoms with Crippen molar-refractivity contribution in [1.29, 1.82) is 0 Å². The Hall–Kier alpha value is -1.29. The summed E-state index contributed by atoms with van der Waals surface area (Å²) in [4.78, 5) is 14.6. The normalized spacial score (nSPS) is 11.2. The van der Waals surface area contributed by atoms with E-state index < -0.39 is 5.97 Å². The molecule has 1 heterocycles. The van der Waals surface area contributed by atoms with Gasteiger partial charge in [0.15, 0.2) is 0 Å². The van der Waals surface area contributed by atoms with Gasteiger partial charge in [-0.25, -0.2) is 4.98 Å². The van der Waals surface area contributed by atoms with E-state index in [1.165, 1.54) is 0 Å². The first-order valence-corrected chi connectivity index (χ1v) is 5.39. The highest BCUT2D eigenvalue weighted by Gasteiger charge is 2.20. The maximum absolute atomic E-state index is 10.5. The lowest BCUT2D eigenvalue weighted by atomic mass is 9.98. The molecule has 88 valence electrons. The predicted molar refractivity (Wildman–Crippen MR) is 63.8 cm³/mol. The van der Waals surface area contributed by atoms with Crippen LogP contribution in [-0.4, -0.2) is 21.6 Å². The van der Waals surface area contributed by atoms with Gasteiger partial charge in [0.05, 0.1) is 5.02 Å². The van der Waals surface area contributed by atoms with Gasteiger partial charge in [0, 0.05) is 18.2 Å². The molecule has 0 radical (unpaired) electrons. The zero-order valence-corrected chi connectivity index (χ0v) is 10.1. The Balaban J connectivity index is 2.65. The second-order valence-electron chi connectivity index (χ2n) is 4.24. The van der Waals surface area contributed by atoms with Crippen LogP contribution in [0.15, 0.2) is 18.3 Å². The highest BCUT2D eigenvalue weighted by Crippen LogP contribution is 2.23. The van der Waals surface area contributed by atoms with Gasteiger partial charge < -0.3 is 10.4 Å². The molecule has 0 aromatic carbocycles. The Morgan fingerprint density at radius 1 is 1.62 bits per heavy atom. The fourth-order valence-electron chi connectivity index (χ4n) is 1.28. The minimum absolute atomic E-state index is 0.116. The molecule has 1 rings (SSSR count). The monoisotopic (exact) mass is 242 g/mol. The number of nitrogens with zero attached hydrogens (tertiary/aromatic N) is 1. The predicted octanol–water partition coefficient (Wildman–Crippen LogP) is 2.79. The number of aliphatic carboxylic acids is 1. The number of hydrogen-bond acceptors (Lipinski definition) is 3. The van der Waals surface area contributed by atoms with Crippen molar-refractivity contribution >= 4 is 23.4 Å². The quantitative estimate of drug-likeness (QED) is 0.834. The van der Waals surface area contributed by atoms with E-state index in [-0.39, 0.29) is 12.0 Å². The molecule has 0 bridgehead atoms. The molecular formula is C11H15ClN2O2. The van der Waals surface area contributed by atoms with Crippen molar-refractivity contribution < 1.29 is 9.90 Å². The fraction of sp³-hybridized carbons (Fsp3) is 0.455. The van der Waals surface area contributed by atoms with Gasteiger partial charge >= 0.3 is 5.97 Å². The maximum Gasteiger partial charge on any atom is 0.303 e. The highest BCUT2D eigenvalue weighted by molar-refractivity contribution is 6.32. The van der Waals surface area contributed by atoms with Gasteiger partial charge in [0.2, 0.25) is 0 Å². The minimum Gasteiger partial charge on any atom is -0.481 e. The third-order valence-electron chi connectivity index (χ3n) is 2.18. The van der Waals surface area contributed by atoms with E-state index in [0.29, 0.717) is 17.3 Å². The summed E-state index contributed by atoms with van der Waals surface area (Å²) < 4.78 is 0. The lowest BCUT2D eigenvalue weighted by molar-refractivity contribution is -0.137. The van der Waals surface area contributed by atoms with Crippen molar-refractivity contribution in [2.24, 2.45) is 0 Å². The molecule has 0 unspecified atom stereocenters. The summed E-state index contributed by atoms with van der Waals surface area (Å²) in [5, 5.41) is 12.3. The van der Waals surface area contributed by atoms with Crippen LogP contribution in [0.1, 0.15) is 26.7 Å². The number of aromatic nitrogens is 1. The Labute approximate surface area is 99.6 Å². The van der Waals surface area contributed by atoms with Gasteiger partial charge in [-0.15, -0.1) is 0 Å². The summed E-state index contributed by atoms with van der Waals surface area (Å²) >= 11 is 5.95. The van der Waals surface area contributed by atoms with Crippen LogP contribution in [0.5, 0.6) is 0 Å². The Bertz CT molecular complexity index is 380. The topological polar surface area (TPSA) is 62.2 Å². The Morgan fingerprint density at radius 2 is 2.31 bits per heavy atom. The molecule has 0 aliphatic carbocycles. The first-order valence-electron chi connectivity index (χ1n) is 5.01. The number of hydrogen-bond donors (Lipinski definition) is 2. The van der Waals surface area contributed by atoms with Crippen molar-refractivity contribution in [3.05, 3.63) is 23.4 Å². The van der Waals surface area contributed by atoms with E-state index in [1.54, 1.807) is 18.3 Å². The molecule has 2 N–H and O–H groups in total. The summed E-state index contributed by atoms with van der Waals surface area (Å²) in [6, 6.07) is 3.49. The van der Waals surface area contributed by atoms with E-state index in [2.05, 4.69) is 10.3 Å². The molecule has 0 aliphatic heterocycles. The molecule has 4 nitrogen and oxygen atoms in total. The molecule has 16 heavy (non-hydrogen) atoms. The number of carboxylic acids is 1. The van der Waals surface area contributed by atoms with Gasteiger partial charge in [-0.3, -0.25) is 4.79 Å². The van der Waals surface area contributed by atoms with E-state index >= 15 is 0 Å². The summed E-state index contributed by atoms with van der Waals surface area (Å²) in [6.07, 6.45) is 2.27. The second-order valence-corrected chi connectivity index (χ2v) is 4.64. The number of anilines is 1. The van der Waals surface area contributed by atoms with Crippen LogP contribution >= 0.6 is 11.6 Å². The smallest absolute Gasteiger partial charge is 0.303 e. The van der Waals surface area contributed by atoms with Gasteiger partial charge in [-0.05, 0) is 32.4 Å². The van der Waals surface area contributed by atoms with Crippen molar-refractivity contribution in [1.82, 2.24) is 4.98 Å². The average Bonchev–Trinajstić information content (AvgIpc) is 2.19. The number of nitrogens with one attached hydrogen (secondary N) is 1. The molecular weight excluding hydrogens is 228 g/mol. The summed E-state index contributed by atoms with van der Waals surface area (Å²) in [5.74, 6) is -0.221. The number of carbonyl (C=O) groups is 1. The number of rotatable bonds is 5. The van der Waals surface area contributed by atoms with Gasteiger partial charge in [0.25, 0.3) is 0 Å². The zero-order chi connectivity index (χ0) is 12.2. The summed E-state index contributed by atoms with van der Waals surface area (Å²) in [7, 11) is 0. The van der Waals surface area contributed by atoms with Crippen molar-refractivity contribution in [3.63, 3.8) is 0 Å². The van der Waals surface area contributed by atoms with Crippen LogP contribution in [0.2, 0.25) is 5.02 Å². The van der Waals surface area contributed by atoms with Crippen LogP contribution in [0.4, 0.5) is 5.82 Å².